The summed E-state index contributed by atoms with van der Waals surface area (Å²) in [5.41, 5.74) is 2.58. The zero-order valence-electron chi connectivity index (χ0n) is 15.0. The van der Waals surface area contributed by atoms with Crippen LogP contribution in [0.15, 0.2) is 12.1 Å². The number of amides is 3. The summed E-state index contributed by atoms with van der Waals surface area (Å²) in [4.78, 5) is 46.5. The molecule has 0 N–H and O–H groups in total. The molecule has 0 aliphatic carbocycles. The normalized spacial score (nSPS) is 20.7. The van der Waals surface area contributed by atoms with Crippen molar-refractivity contribution in [3.63, 3.8) is 0 Å². The Balaban J connectivity index is 1.61. The number of piperazine rings is 2. The van der Waals surface area contributed by atoms with E-state index in [1.807, 2.05) is 19.9 Å². The van der Waals surface area contributed by atoms with E-state index in [1.54, 1.807) is 27.4 Å². The Hall–Kier alpha value is -2.97. The van der Waals surface area contributed by atoms with Crippen molar-refractivity contribution in [2.75, 3.05) is 33.2 Å². The first-order valence-corrected chi connectivity index (χ1v) is 8.53. The largest absolute Gasteiger partial charge is 0.335 e. The minimum absolute atomic E-state index is 0.0747. The number of aromatic nitrogens is 3. The van der Waals surface area contributed by atoms with Crippen molar-refractivity contribution in [1.82, 2.24) is 29.3 Å². The number of carbonyl (C=O) groups excluding carboxylic acids is 3. The number of nitrogens with zero attached hydrogens (tertiary/aromatic N) is 6. The molecule has 2 fully saturated rings. The first-order valence-electron chi connectivity index (χ1n) is 8.53. The topological polar surface area (TPSA) is 91.1 Å². The van der Waals surface area contributed by atoms with Gasteiger partial charge in [0, 0.05) is 31.9 Å². The van der Waals surface area contributed by atoms with E-state index in [-0.39, 0.29) is 30.8 Å². The van der Waals surface area contributed by atoms with E-state index in [1.165, 1.54) is 4.90 Å². The van der Waals surface area contributed by atoms with Gasteiger partial charge in [-0.1, -0.05) is 0 Å². The third-order valence-corrected chi connectivity index (χ3v) is 4.97. The van der Waals surface area contributed by atoms with Gasteiger partial charge >= 0.3 is 0 Å². The maximum Gasteiger partial charge on any atom is 0.272 e. The maximum absolute atomic E-state index is 13.0. The van der Waals surface area contributed by atoms with Crippen LogP contribution >= 0.6 is 0 Å². The summed E-state index contributed by atoms with van der Waals surface area (Å²) in [6.07, 6.45) is 0. The van der Waals surface area contributed by atoms with Gasteiger partial charge < -0.3 is 14.7 Å². The van der Waals surface area contributed by atoms with E-state index in [0.717, 1.165) is 11.4 Å². The molecule has 3 amide bonds. The molecule has 4 rings (SSSR count). The van der Waals surface area contributed by atoms with Gasteiger partial charge in [-0.2, -0.15) is 5.10 Å². The Morgan fingerprint density at radius 2 is 1.96 bits per heavy atom. The molecule has 1 unspecified atom stereocenters. The molecular formula is C17H20N6O3. The van der Waals surface area contributed by atoms with E-state index in [0.29, 0.717) is 24.4 Å². The molecular weight excluding hydrogens is 336 g/mol. The zero-order chi connectivity index (χ0) is 18.6. The molecule has 0 bridgehead atoms. The van der Waals surface area contributed by atoms with Crippen molar-refractivity contribution >= 4 is 23.4 Å². The summed E-state index contributed by atoms with van der Waals surface area (Å²) in [7, 11) is 1.61. The van der Waals surface area contributed by atoms with Gasteiger partial charge in [0.2, 0.25) is 11.8 Å². The van der Waals surface area contributed by atoms with Gasteiger partial charge in [-0.05, 0) is 19.9 Å². The summed E-state index contributed by atoms with van der Waals surface area (Å²) in [5, 5.41) is 4.34. The second-order valence-electron chi connectivity index (χ2n) is 6.89. The van der Waals surface area contributed by atoms with Crippen LogP contribution in [0.5, 0.6) is 0 Å². The predicted molar refractivity (Wildman–Crippen MR) is 91.5 cm³/mol. The quantitative estimate of drug-likeness (QED) is 0.685. The molecule has 9 heteroatoms. The number of fused-ring (bicyclic) bond motifs is 2. The van der Waals surface area contributed by atoms with Crippen LogP contribution in [0.25, 0.3) is 5.65 Å². The molecule has 26 heavy (non-hydrogen) atoms. The second-order valence-corrected chi connectivity index (χ2v) is 6.89. The van der Waals surface area contributed by atoms with Gasteiger partial charge in [-0.15, -0.1) is 0 Å². The van der Waals surface area contributed by atoms with Crippen LogP contribution in [-0.4, -0.2) is 86.3 Å². The molecule has 2 aromatic rings. The summed E-state index contributed by atoms with van der Waals surface area (Å²) in [5.74, 6) is -0.440. The van der Waals surface area contributed by atoms with Gasteiger partial charge in [-0.25, -0.2) is 9.50 Å². The fourth-order valence-corrected chi connectivity index (χ4v) is 3.61. The van der Waals surface area contributed by atoms with Gasteiger partial charge in [0.25, 0.3) is 5.91 Å². The monoisotopic (exact) mass is 356 g/mol. The molecule has 9 nitrogen and oxygen atoms in total. The van der Waals surface area contributed by atoms with Gasteiger partial charge in [0.15, 0.2) is 5.65 Å². The van der Waals surface area contributed by atoms with Crippen LogP contribution in [0.4, 0.5) is 0 Å². The standard InChI is InChI=1S/C17H20N6O3/c1-10-6-14-18-12(7-11(2)23(14)19-10)16(25)21-4-5-22-13(8-21)17(26)20(3)9-15(22)24/h6-7,13H,4-5,8-9H2,1-3H3. The highest BCUT2D eigenvalue weighted by atomic mass is 16.2. The fourth-order valence-electron chi connectivity index (χ4n) is 3.61. The van der Waals surface area contributed by atoms with Crippen molar-refractivity contribution < 1.29 is 14.4 Å². The van der Waals surface area contributed by atoms with Crippen molar-refractivity contribution in [2.45, 2.75) is 19.9 Å². The molecule has 0 aromatic carbocycles. The predicted octanol–water partition coefficient (Wildman–Crippen LogP) is -0.529. The molecule has 2 saturated heterocycles. The SMILES string of the molecule is Cc1cc2nc(C(=O)N3CCN4C(=O)CN(C)C(=O)C4C3)cc(C)n2n1. The number of aryl methyl sites for hydroxylation is 2. The number of likely N-dealkylation sites (N-methyl/N-ethyl adjacent to an activating group) is 1. The van der Waals surface area contributed by atoms with Crippen LogP contribution < -0.4 is 0 Å². The number of rotatable bonds is 1. The lowest BCUT2D eigenvalue weighted by Crippen LogP contribution is -2.66. The van der Waals surface area contributed by atoms with Crippen LogP contribution in [0.2, 0.25) is 0 Å². The van der Waals surface area contributed by atoms with Gasteiger partial charge in [0.1, 0.15) is 11.7 Å². The smallest absolute Gasteiger partial charge is 0.272 e. The lowest BCUT2D eigenvalue weighted by atomic mass is 10.1. The Morgan fingerprint density at radius 3 is 2.73 bits per heavy atom. The molecule has 0 radical (unpaired) electrons. The molecule has 0 saturated carbocycles. The van der Waals surface area contributed by atoms with E-state index >= 15 is 0 Å². The molecule has 1 atom stereocenters. The van der Waals surface area contributed by atoms with Crippen LogP contribution in [0.1, 0.15) is 21.9 Å². The first kappa shape index (κ1) is 16.5. The lowest BCUT2D eigenvalue weighted by Gasteiger charge is -2.45. The highest BCUT2D eigenvalue weighted by Crippen LogP contribution is 2.19. The highest BCUT2D eigenvalue weighted by molar-refractivity contribution is 5.97. The number of hydrogen-bond acceptors (Lipinski definition) is 5. The minimum Gasteiger partial charge on any atom is -0.335 e. The number of hydrogen-bond donors (Lipinski definition) is 0. The summed E-state index contributed by atoms with van der Waals surface area (Å²) in [6, 6.07) is 2.91. The van der Waals surface area contributed by atoms with Crippen molar-refractivity contribution in [3.8, 4) is 0 Å². The van der Waals surface area contributed by atoms with E-state index < -0.39 is 6.04 Å². The summed E-state index contributed by atoms with van der Waals surface area (Å²) in [6.45, 7) is 4.79. The maximum atomic E-state index is 13.0. The molecule has 2 aliphatic heterocycles. The van der Waals surface area contributed by atoms with Crippen molar-refractivity contribution in [1.29, 1.82) is 0 Å². The Morgan fingerprint density at radius 1 is 1.19 bits per heavy atom. The average molecular weight is 356 g/mol. The van der Waals surface area contributed by atoms with Gasteiger partial charge in [-0.3, -0.25) is 14.4 Å². The Labute approximate surface area is 150 Å². The molecule has 2 aliphatic rings. The molecule has 0 spiro atoms. The van der Waals surface area contributed by atoms with E-state index in [2.05, 4.69) is 10.1 Å². The summed E-state index contributed by atoms with van der Waals surface area (Å²) < 4.78 is 1.70. The third-order valence-electron chi connectivity index (χ3n) is 4.97. The molecule has 2 aromatic heterocycles. The highest BCUT2D eigenvalue weighted by Gasteiger charge is 2.42. The lowest BCUT2D eigenvalue weighted by molar-refractivity contribution is -0.157. The van der Waals surface area contributed by atoms with Crippen LogP contribution in [0.3, 0.4) is 0 Å². The van der Waals surface area contributed by atoms with Crippen LogP contribution in [0, 0.1) is 13.8 Å². The average Bonchev–Trinajstić information content (AvgIpc) is 2.99. The third kappa shape index (κ3) is 2.51. The van der Waals surface area contributed by atoms with E-state index in [4.69, 9.17) is 0 Å². The Bertz CT molecular complexity index is 936. The van der Waals surface area contributed by atoms with Gasteiger partial charge in [0.05, 0.1) is 18.8 Å². The molecule has 4 heterocycles. The van der Waals surface area contributed by atoms with Crippen molar-refractivity contribution in [2.24, 2.45) is 0 Å². The first-order chi connectivity index (χ1) is 12.3. The number of carbonyl (C=O) groups is 3. The zero-order valence-corrected chi connectivity index (χ0v) is 15.0. The minimum atomic E-state index is -0.610. The van der Waals surface area contributed by atoms with E-state index in [9.17, 15) is 14.4 Å². The fraction of sp³-hybridized carbons (Fsp3) is 0.471. The molecule has 136 valence electrons. The Kier molecular flexibility index (Phi) is 3.67. The van der Waals surface area contributed by atoms with Crippen LogP contribution in [-0.2, 0) is 9.59 Å². The summed E-state index contributed by atoms with van der Waals surface area (Å²) >= 11 is 0. The van der Waals surface area contributed by atoms with Crippen molar-refractivity contribution in [3.05, 3.63) is 29.2 Å². The second kappa shape index (κ2) is 5.79.